The normalized spacial score (nSPS) is 18.1. The third-order valence-electron chi connectivity index (χ3n) is 5.83. The van der Waals surface area contributed by atoms with Gasteiger partial charge in [-0.05, 0) is 68.2 Å². The lowest BCUT2D eigenvalue weighted by molar-refractivity contribution is -0.118. The number of carbonyl (C=O) groups is 1. The fourth-order valence-electron chi connectivity index (χ4n) is 4.18. The Balaban J connectivity index is 1.49. The van der Waals surface area contributed by atoms with Gasteiger partial charge in [-0.25, -0.2) is 8.42 Å². The molecule has 1 aromatic heterocycles. The Kier molecular flexibility index (Phi) is 6.61. The van der Waals surface area contributed by atoms with Gasteiger partial charge in [0.1, 0.15) is 10.3 Å². The zero-order valence-electron chi connectivity index (χ0n) is 18.2. The second kappa shape index (κ2) is 9.11. The molecule has 1 aliphatic heterocycles. The minimum absolute atomic E-state index is 0.180. The van der Waals surface area contributed by atoms with Gasteiger partial charge in [-0.3, -0.25) is 4.79 Å². The van der Waals surface area contributed by atoms with Crippen LogP contribution in [0.3, 0.4) is 0 Å². The van der Waals surface area contributed by atoms with Crippen molar-refractivity contribution in [2.45, 2.75) is 36.1 Å². The van der Waals surface area contributed by atoms with Crippen molar-refractivity contribution in [2.24, 2.45) is 0 Å². The molecule has 170 valence electrons. The van der Waals surface area contributed by atoms with Gasteiger partial charge in [0.05, 0.1) is 0 Å². The summed E-state index contributed by atoms with van der Waals surface area (Å²) in [6.07, 6.45) is 1.41. The molecule has 0 saturated carbocycles. The molecule has 1 amide bonds. The molecule has 4 rings (SSSR count). The first-order chi connectivity index (χ1) is 15.2. The van der Waals surface area contributed by atoms with Gasteiger partial charge < -0.3 is 9.80 Å². The number of hydrogen-bond acceptors (Lipinski definition) is 5. The number of rotatable bonds is 7. The van der Waals surface area contributed by atoms with Gasteiger partial charge in [-0.1, -0.05) is 36.7 Å². The Hall–Kier alpha value is -1.97. The molecule has 1 saturated heterocycles. The van der Waals surface area contributed by atoms with Crippen LogP contribution in [0.4, 0.5) is 5.69 Å². The summed E-state index contributed by atoms with van der Waals surface area (Å²) < 4.78 is 29.5. The van der Waals surface area contributed by atoms with Crippen LogP contribution in [0, 0.1) is 0 Å². The predicted molar refractivity (Wildman–Crippen MR) is 131 cm³/mol. The Morgan fingerprint density at radius 1 is 1.19 bits per heavy atom. The largest absolute Gasteiger partial charge is 0.311 e. The lowest BCUT2D eigenvalue weighted by atomic mass is 10.0. The number of sulfonamides is 1. The molecule has 2 heterocycles. The zero-order chi connectivity index (χ0) is 23.0. The van der Waals surface area contributed by atoms with Gasteiger partial charge in [0.15, 0.2) is 0 Å². The quantitative estimate of drug-likeness (QED) is 0.522. The van der Waals surface area contributed by atoms with E-state index in [1.807, 2.05) is 38.4 Å². The SMILES string of the molecule is CC[C@@H](c1ccc(N2CC[C@H](NS(=O)(=O)c3cc4ccc(Cl)cc4s3)C2=O)cc1)N(C)C. The summed E-state index contributed by atoms with van der Waals surface area (Å²) in [6.45, 7) is 2.61. The predicted octanol–water partition coefficient (Wildman–Crippen LogP) is 4.65. The number of nitrogens with zero attached hydrogens (tertiary/aromatic N) is 2. The maximum atomic E-state index is 13.0. The molecule has 32 heavy (non-hydrogen) atoms. The van der Waals surface area contributed by atoms with Crippen molar-refractivity contribution in [3.8, 4) is 0 Å². The first-order valence-corrected chi connectivity index (χ1v) is 13.2. The number of halogens is 1. The van der Waals surface area contributed by atoms with E-state index in [2.05, 4.69) is 16.5 Å². The average molecular weight is 492 g/mol. The number of hydrogen-bond donors (Lipinski definition) is 1. The van der Waals surface area contributed by atoms with E-state index in [0.29, 0.717) is 24.0 Å². The number of amides is 1. The van der Waals surface area contributed by atoms with Crippen molar-refractivity contribution in [3.63, 3.8) is 0 Å². The Labute approximate surface area is 197 Å². The van der Waals surface area contributed by atoms with Gasteiger partial charge in [-0.15, -0.1) is 11.3 Å². The van der Waals surface area contributed by atoms with E-state index in [1.54, 1.807) is 29.2 Å². The fourth-order valence-corrected chi connectivity index (χ4v) is 7.09. The molecule has 0 spiro atoms. The maximum Gasteiger partial charge on any atom is 0.250 e. The summed E-state index contributed by atoms with van der Waals surface area (Å²) in [7, 11) is 0.284. The van der Waals surface area contributed by atoms with Crippen LogP contribution in [0.25, 0.3) is 10.1 Å². The molecule has 1 aliphatic rings. The van der Waals surface area contributed by atoms with Crippen molar-refractivity contribution in [1.82, 2.24) is 9.62 Å². The van der Waals surface area contributed by atoms with Gasteiger partial charge in [-0.2, -0.15) is 4.72 Å². The van der Waals surface area contributed by atoms with Crippen LogP contribution in [0.1, 0.15) is 31.4 Å². The molecule has 9 heteroatoms. The maximum absolute atomic E-state index is 13.0. The van der Waals surface area contributed by atoms with Gasteiger partial charge in [0.2, 0.25) is 5.91 Å². The molecule has 0 aliphatic carbocycles. The minimum atomic E-state index is -3.82. The molecule has 0 bridgehead atoms. The van der Waals surface area contributed by atoms with Crippen LogP contribution in [-0.2, 0) is 14.8 Å². The van der Waals surface area contributed by atoms with E-state index in [0.717, 1.165) is 33.5 Å². The minimum Gasteiger partial charge on any atom is -0.311 e. The zero-order valence-corrected chi connectivity index (χ0v) is 20.6. The second-order valence-electron chi connectivity index (χ2n) is 8.18. The molecule has 0 radical (unpaired) electrons. The van der Waals surface area contributed by atoms with Crippen LogP contribution in [0.15, 0.2) is 52.7 Å². The highest BCUT2D eigenvalue weighted by Crippen LogP contribution is 2.32. The highest BCUT2D eigenvalue weighted by Gasteiger charge is 2.36. The van der Waals surface area contributed by atoms with Crippen LogP contribution >= 0.6 is 22.9 Å². The van der Waals surface area contributed by atoms with Crippen molar-refractivity contribution in [1.29, 1.82) is 0 Å². The fraction of sp³-hybridized carbons (Fsp3) is 0.348. The first-order valence-electron chi connectivity index (χ1n) is 10.5. The first kappa shape index (κ1) is 23.2. The van der Waals surface area contributed by atoms with E-state index < -0.39 is 16.1 Å². The van der Waals surface area contributed by atoms with Gasteiger partial charge >= 0.3 is 0 Å². The Morgan fingerprint density at radius 2 is 1.91 bits per heavy atom. The molecule has 3 aromatic rings. The molecule has 0 unspecified atom stereocenters. The average Bonchev–Trinajstić information content (AvgIpc) is 3.33. The number of carbonyl (C=O) groups excluding carboxylic acids is 1. The summed E-state index contributed by atoms with van der Waals surface area (Å²) in [6, 6.07) is 14.4. The topological polar surface area (TPSA) is 69.7 Å². The molecule has 2 aromatic carbocycles. The highest BCUT2D eigenvalue weighted by molar-refractivity contribution is 7.91. The van der Waals surface area contributed by atoms with Crippen LogP contribution in [0.2, 0.25) is 5.02 Å². The van der Waals surface area contributed by atoms with E-state index in [9.17, 15) is 13.2 Å². The monoisotopic (exact) mass is 491 g/mol. The number of anilines is 1. The van der Waals surface area contributed by atoms with Crippen LogP contribution in [0.5, 0.6) is 0 Å². The molecule has 2 atom stereocenters. The van der Waals surface area contributed by atoms with Crippen molar-refractivity contribution >= 4 is 54.6 Å². The molecule has 1 fully saturated rings. The summed E-state index contributed by atoms with van der Waals surface area (Å²) >= 11 is 7.16. The van der Waals surface area contributed by atoms with E-state index in [1.165, 1.54) is 5.56 Å². The van der Waals surface area contributed by atoms with Crippen molar-refractivity contribution in [2.75, 3.05) is 25.5 Å². The summed E-state index contributed by atoms with van der Waals surface area (Å²) in [5, 5.41) is 1.36. The molecule has 6 nitrogen and oxygen atoms in total. The van der Waals surface area contributed by atoms with E-state index in [4.69, 9.17) is 11.6 Å². The third kappa shape index (κ3) is 4.56. The van der Waals surface area contributed by atoms with Crippen molar-refractivity contribution < 1.29 is 13.2 Å². The Bertz CT molecular complexity index is 1240. The van der Waals surface area contributed by atoms with E-state index >= 15 is 0 Å². The van der Waals surface area contributed by atoms with Gasteiger partial charge in [0.25, 0.3) is 10.0 Å². The standard InChI is InChI=1S/C23H26ClN3O3S2/c1-4-20(26(2)3)15-6-9-18(10-7-15)27-12-11-19(23(27)28)25-32(29,30)22-13-16-5-8-17(24)14-21(16)31-22/h5-10,13-14,19-20,25H,4,11-12H2,1-3H3/t19-,20-/m0/s1. The summed E-state index contributed by atoms with van der Waals surface area (Å²) in [5.74, 6) is -0.231. The van der Waals surface area contributed by atoms with E-state index in [-0.39, 0.29) is 10.1 Å². The smallest absolute Gasteiger partial charge is 0.250 e. The third-order valence-corrected chi connectivity index (χ3v) is 9.11. The van der Waals surface area contributed by atoms with Gasteiger partial charge in [0, 0.05) is 28.0 Å². The summed E-state index contributed by atoms with van der Waals surface area (Å²) in [5.41, 5.74) is 1.97. The molecular weight excluding hydrogens is 466 g/mol. The summed E-state index contributed by atoms with van der Waals surface area (Å²) in [4.78, 5) is 16.8. The Morgan fingerprint density at radius 3 is 2.56 bits per heavy atom. The van der Waals surface area contributed by atoms with Crippen LogP contribution in [-0.4, -0.2) is 45.9 Å². The van der Waals surface area contributed by atoms with Crippen LogP contribution < -0.4 is 9.62 Å². The number of nitrogens with one attached hydrogen (secondary N) is 1. The molecule has 1 N–H and O–H groups in total. The number of benzene rings is 2. The highest BCUT2D eigenvalue weighted by atomic mass is 35.5. The molecular formula is C23H26ClN3O3S2. The second-order valence-corrected chi connectivity index (χ2v) is 11.6. The lowest BCUT2D eigenvalue weighted by Gasteiger charge is -2.24. The lowest BCUT2D eigenvalue weighted by Crippen LogP contribution is -2.41. The van der Waals surface area contributed by atoms with Crippen molar-refractivity contribution in [3.05, 3.63) is 59.1 Å². The number of fused-ring (bicyclic) bond motifs is 1. The number of thiophene rings is 1.